The van der Waals surface area contributed by atoms with Gasteiger partial charge >= 0.3 is 0 Å². The predicted octanol–water partition coefficient (Wildman–Crippen LogP) is 1.50. The molecule has 0 bridgehead atoms. The minimum Gasteiger partial charge on any atom is -0.327 e. The van der Waals surface area contributed by atoms with Crippen LogP contribution in [-0.4, -0.2) is 12.8 Å². The van der Waals surface area contributed by atoms with Gasteiger partial charge in [-0.1, -0.05) is 6.08 Å². The average molecular weight is 138 g/mol. The van der Waals surface area contributed by atoms with Gasteiger partial charge in [0.15, 0.2) is 0 Å². The summed E-state index contributed by atoms with van der Waals surface area (Å²) in [5.74, 6) is 0. The Balaban J connectivity index is 3.85. The van der Waals surface area contributed by atoms with Crippen molar-refractivity contribution in [2.75, 3.05) is 6.54 Å². The molecule has 0 rings (SSSR count). The van der Waals surface area contributed by atoms with Crippen molar-refractivity contribution >= 4 is 6.21 Å². The highest BCUT2D eigenvalue weighted by Gasteiger charge is 1.81. The fourth-order valence-electron chi connectivity index (χ4n) is 0.507. The maximum absolute atomic E-state index is 5.39. The lowest BCUT2D eigenvalue weighted by atomic mass is 10.2. The highest BCUT2D eigenvalue weighted by Crippen LogP contribution is 1.92. The van der Waals surface area contributed by atoms with Gasteiger partial charge in [-0.25, -0.2) is 0 Å². The molecule has 0 amide bonds. The summed E-state index contributed by atoms with van der Waals surface area (Å²) in [4.78, 5) is 3.91. The van der Waals surface area contributed by atoms with Crippen molar-refractivity contribution in [3.8, 4) is 0 Å². The van der Waals surface area contributed by atoms with Crippen LogP contribution in [0.3, 0.4) is 0 Å². The third-order valence-electron chi connectivity index (χ3n) is 1.13. The van der Waals surface area contributed by atoms with E-state index >= 15 is 0 Å². The summed E-state index contributed by atoms with van der Waals surface area (Å²) in [6.07, 6.45) is 7.35. The molecule has 0 fully saturated rings. The van der Waals surface area contributed by atoms with Crippen LogP contribution < -0.4 is 5.73 Å². The summed E-state index contributed by atoms with van der Waals surface area (Å²) < 4.78 is 0. The van der Waals surface area contributed by atoms with Crippen LogP contribution in [-0.2, 0) is 0 Å². The summed E-state index contributed by atoms with van der Waals surface area (Å²) in [6.45, 7) is 4.41. The Labute approximate surface area is 62.1 Å². The van der Waals surface area contributed by atoms with Crippen molar-refractivity contribution in [3.63, 3.8) is 0 Å². The molecule has 0 saturated heterocycles. The summed E-state index contributed by atoms with van der Waals surface area (Å²) >= 11 is 0. The van der Waals surface area contributed by atoms with Gasteiger partial charge in [-0.2, -0.15) is 0 Å². The predicted molar refractivity (Wildman–Crippen MR) is 46.1 cm³/mol. The molecular formula is C8H14N2. The summed E-state index contributed by atoms with van der Waals surface area (Å²) in [6, 6.07) is 0. The lowest BCUT2D eigenvalue weighted by molar-refractivity contribution is 1.18. The first-order chi connectivity index (χ1) is 4.85. The molecule has 0 heterocycles. The smallest absolute Gasteiger partial charge is 0.0266 e. The highest BCUT2D eigenvalue weighted by molar-refractivity contribution is 5.54. The zero-order chi connectivity index (χ0) is 7.82. The highest BCUT2D eigenvalue weighted by atomic mass is 14.7. The van der Waals surface area contributed by atoms with E-state index in [0.29, 0.717) is 6.54 Å². The maximum Gasteiger partial charge on any atom is 0.0266 e. The Morgan fingerprint density at radius 3 is 2.60 bits per heavy atom. The number of nitrogens with zero attached hydrogens (tertiary/aromatic N) is 1. The van der Waals surface area contributed by atoms with Crippen molar-refractivity contribution in [1.82, 2.24) is 0 Å². The number of rotatable bonds is 3. The van der Waals surface area contributed by atoms with Crippen LogP contribution in [0.1, 0.15) is 13.8 Å². The van der Waals surface area contributed by atoms with Gasteiger partial charge in [0.05, 0.1) is 0 Å². The van der Waals surface area contributed by atoms with Gasteiger partial charge in [0.25, 0.3) is 0 Å². The van der Waals surface area contributed by atoms with Crippen LogP contribution in [0.5, 0.6) is 0 Å². The van der Waals surface area contributed by atoms with Crippen molar-refractivity contribution in [2.45, 2.75) is 13.8 Å². The van der Waals surface area contributed by atoms with Crippen molar-refractivity contribution < 1.29 is 0 Å². The summed E-state index contributed by atoms with van der Waals surface area (Å²) in [5.41, 5.74) is 6.50. The monoisotopic (exact) mass is 138 g/mol. The van der Waals surface area contributed by atoms with Crippen LogP contribution in [0.2, 0.25) is 0 Å². The second-order valence-electron chi connectivity index (χ2n) is 1.79. The van der Waals surface area contributed by atoms with Crippen LogP contribution >= 0.6 is 0 Å². The number of hydrogen-bond acceptors (Lipinski definition) is 2. The molecule has 0 saturated carbocycles. The van der Waals surface area contributed by atoms with Gasteiger partial charge in [0.1, 0.15) is 0 Å². The Morgan fingerprint density at radius 1 is 1.50 bits per heavy atom. The van der Waals surface area contributed by atoms with Crippen LogP contribution in [0.4, 0.5) is 0 Å². The number of nitrogens with two attached hydrogens (primary N) is 1. The minimum absolute atomic E-state index is 0.576. The standard InChI is InChI=1S/C8H14N2/c1-3-8(7-9)5-6-10-4-2/h3-6H,7,9H2,1-2H3/b6-5-,8-3+,10-4?. The first-order valence-corrected chi connectivity index (χ1v) is 3.34. The molecule has 2 N–H and O–H groups in total. The number of allylic oxidation sites excluding steroid dienone is 1. The van der Waals surface area contributed by atoms with E-state index in [4.69, 9.17) is 5.73 Å². The second kappa shape index (κ2) is 6.23. The van der Waals surface area contributed by atoms with E-state index in [9.17, 15) is 0 Å². The van der Waals surface area contributed by atoms with Gasteiger partial charge in [-0.15, -0.1) is 0 Å². The normalized spacial score (nSPS) is 13.7. The van der Waals surface area contributed by atoms with Crippen LogP contribution in [0.25, 0.3) is 0 Å². The zero-order valence-corrected chi connectivity index (χ0v) is 6.54. The SMILES string of the molecule is CC=N/C=C\C(=C/C)CN. The molecule has 0 unspecified atom stereocenters. The molecule has 0 aromatic carbocycles. The molecular weight excluding hydrogens is 124 g/mol. The third kappa shape index (κ3) is 4.04. The van der Waals surface area contributed by atoms with Gasteiger partial charge in [0.2, 0.25) is 0 Å². The Kier molecular flexibility index (Phi) is 5.68. The molecule has 0 aromatic heterocycles. The lowest BCUT2D eigenvalue weighted by Gasteiger charge is -1.90. The van der Waals surface area contributed by atoms with Crippen molar-refractivity contribution in [2.24, 2.45) is 10.7 Å². The molecule has 2 heteroatoms. The fourth-order valence-corrected chi connectivity index (χ4v) is 0.507. The van der Waals surface area contributed by atoms with E-state index in [0.717, 1.165) is 5.57 Å². The van der Waals surface area contributed by atoms with Gasteiger partial charge < -0.3 is 5.73 Å². The number of hydrogen-bond donors (Lipinski definition) is 1. The maximum atomic E-state index is 5.39. The summed E-state index contributed by atoms with van der Waals surface area (Å²) in [5, 5.41) is 0. The Hall–Kier alpha value is -0.890. The summed E-state index contributed by atoms with van der Waals surface area (Å²) in [7, 11) is 0. The average Bonchev–Trinajstić information content (AvgIpc) is 1.99. The van der Waals surface area contributed by atoms with E-state index in [1.165, 1.54) is 0 Å². The zero-order valence-electron chi connectivity index (χ0n) is 6.54. The first kappa shape index (κ1) is 9.11. The van der Waals surface area contributed by atoms with E-state index < -0.39 is 0 Å². The Morgan fingerprint density at radius 2 is 2.20 bits per heavy atom. The molecule has 0 radical (unpaired) electrons. The third-order valence-corrected chi connectivity index (χ3v) is 1.13. The van der Waals surface area contributed by atoms with Crippen molar-refractivity contribution in [1.29, 1.82) is 0 Å². The molecule has 56 valence electrons. The van der Waals surface area contributed by atoms with Gasteiger partial charge in [0, 0.05) is 19.0 Å². The largest absolute Gasteiger partial charge is 0.327 e. The van der Waals surface area contributed by atoms with Gasteiger partial charge in [-0.05, 0) is 25.5 Å². The van der Waals surface area contributed by atoms with Crippen LogP contribution in [0, 0.1) is 0 Å². The van der Waals surface area contributed by atoms with Gasteiger partial charge in [-0.3, -0.25) is 4.99 Å². The molecule has 0 atom stereocenters. The van der Waals surface area contributed by atoms with E-state index in [1.54, 1.807) is 12.4 Å². The first-order valence-electron chi connectivity index (χ1n) is 3.34. The fraction of sp³-hybridized carbons (Fsp3) is 0.375. The molecule has 0 aliphatic carbocycles. The quantitative estimate of drug-likeness (QED) is 0.465. The molecule has 0 spiro atoms. The molecule has 0 aliphatic heterocycles. The van der Waals surface area contributed by atoms with E-state index in [-0.39, 0.29) is 0 Å². The second-order valence-corrected chi connectivity index (χ2v) is 1.79. The molecule has 0 aliphatic rings. The lowest BCUT2D eigenvalue weighted by Crippen LogP contribution is -1.99. The topological polar surface area (TPSA) is 38.4 Å². The van der Waals surface area contributed by atoms with E-state index in [1.807, 2.05) is 26.0 Å². The van der Waals surface area contributed by atoms with Crippen LogP contribution in [0.15, 0.2) is 28.9 Å². The van der Waals surface area contributed by atoms with Crippen molar-refractivity contribution in [3.05, 3.63) is 23.9 Å². The Bertz CT molecular complexity index is 155. The van der Waals surface area contributed by atoms with E-state index in [2.05, 4.69) is 4.99 Å². The molecule has 10 heavy (non-hydrogen) atoms. The minimum atomic E-state index is 0.576. The molecule has 0 aromatic rings. The number of aliphatic imine (C=N–C) groups is 1. The molecule has 2 nitrogen and oxygen atoms in total.